The highest BCUT2D eigenvalue weighted by Gasteiger charge is 2.27. The summed E-state index contributed by atoms with van der Waals surface area (Å²) in [6.07, 6.45) is 1.61. The van der Waals surface area contributed by atoms with Crippen LogP contribution >= 0.6 is 0 Å². The molecule has 1 saturated heterocycles. The van der Waals surface area contributed by atoms with Crippen molar-refractivity contribution in [2.75, 3.05) is 32.1 Å². The largest absolute Gasteiger partial charge is 0.497 e. The highest BCUT2D eigenvalue weighted by atomic mass is 19.1. The molecule has 0 aliphatic carbocycles. The maximum atomic E-state index is 13.6. The summed E-state index contributed by atoms with van der Waals surface area (Å²) in [5.74, 6) is 1.43. The zero-order valence-corrected chi connectivity index (χ0v) is 21.1. The van der Waals surface area contributed by atoms with Gasteiger partial charge in [-0.1, -0.05) is 12.1 Å². The average molecular weight is 510 g/mol. The van der Waals surface area contributed by atoms with Gasteiger partial charge in [-0.15, -0.1) is 0 Å². The van der Waals surface area contributed by atoms with Crippen molar-refractivity contribution >= 4 is 17.6 Å². The van der Waals surface area contributed by atoms with Crippen molar-refractivity contribution in [1.29, 1.82) is 0 Å². The number of amides is 3. The lowest BCUT2D eigenvalue weighted by atomic mass is 10.2. The second-order valence-corrected chi connectivity index (χ2v) is 9.06. The fourth-order valence-electron chi connectivity index (χ4n) is 4.19. The number of carbonyl (C=O) groups is 2. The van der Waals surface area contributed by atoms with E-state index < -0.39 is 6.03 Å². The van der Waals surface area contributed by atoms with E-state index in [2.05, 4.69) is 5.32 Å². The van der Waals surface area contributed by atoms with E-state index in [4.69, 9.17) is 13.9 Å². The first-order valence-corrected chi connectivity index (χ1v) is 12.3. The summed E-state index contributed by atoms with van der Waals surface area (Å²) in [7, 11) is 1.57. The lowest BCUT2D eigenvalue weighted by molar-refractivity contribution is -0.133. The van der Waals surface area contributed by atoms with Crippen LogP contribution in [0.2, 0.25) is 0 Å². The summed E-state index contributed by atoms with van der Waals surface area (Å²) in [4.78, 5) is 29.9. The first-order chi connectivity index (χ1) is 17.9. The molecule has 0 radical (unpaired) electrons. The molecule has 1 aliphatic rings. The third kappa shape index (κ3) is 7.57. The van der Waals surface area contributed by atoms with Crippen molar-refractivity contribution in [3.05, 3.63) is 83.6 Å². The number of anilines is 1. The van der Waals surface area contributed by atoms with Crippen LogP contribution < -0.4 is 10.1 Å². The lowest BCUT2D eigenvalue weighted by Gasteiger charge is -2.29. The number of nitrogens with one attached hydrogen (secondary N) is 1. The summed E-state index contributed by atoms with van der Waals surface area (Å²) < 4.78 is 30.1. The molecule has 3 aromatic rings. The number of ether oxygens (including phenoxy) is 2. The Morgan fingerprint density at radius 3 is 2.41 bits per heavy atom. The van der Waals surface area contributed by atoms with Crippen molar-refractivity contribution in [1.82, 2.24) is 9.80 Å². The molecule has 0 bridgehead atoms. The molecule has 0 saturated carbocycles. The molecule has 1 aromatic heterocycles. The first kappa shape index (κ1) is 26.2. The van der Waals surface area contributed by atoms with Gasteiger partial charge in [0.15, 0.2) is 0 Å². The van der Waals surface area contributed by atoms with Crippen LogP contribution in [0.15, 0.2) is 65.1 Å². The van der Waals surface area contributed by atoms with Crippen molar-refractivity contribution in [2.45, 2.75) is 39.0 Å². The molecule has 1 atom stereocenters. The number of rotatable bonds is 10. The molecule has 37 heavy (non-hydrogen) atoms. The molecular formula is C28H32FN3O5. The van der Waals surface area contributed by atoms with E-state index in [0.717, 1.165) is 24.2 Å². The van der Waals surface area contributed by atoms with E-state index in [1.54, 1.807) is 48.4 Å². The smallest absolute Gasteiger partial charge is 0.322 e. The number of methoxy groups -OCH3 is 1. The van der Waals surface area contributed by atoms with Crippen molar-refractivity contribution in [3.63, 3.8) is 0 Å². The van der Waals surface area contributed by atoms with Gasteiger partial charge in [0.2, 0.25) is 5.91 Å². The van der Waals surface area contributed by atoms with Crippen LogP contribution in [-0.2, 0) is 22.6 Å². The maximum Gasteiger partial charge on any atom is 0.322 e. The number of halogens is 1. The molecular weight excluding hydrogens is 477 g/mol. The Hall–Kier alpha value is -3.85. The zero-order chi connectivity index (χ0) is 26.2. The van der Waals surface area contributed by atoms with E-state index in [-0.39, 0.29) is 44.0 Å². The Labute approximate surface area is 215 Å². The van der Waals surface area contributed by atoms with Crippen molar-refractivity contribution in [3.8, 4) is 5.75 Å². The quantitative estimate of drug-likeness (QED) is 0.417. The van der Waals surface area contributed by atoms with Crippen LogP contribution in [-0.4, -0.2) is 54.6 Å². The molecule has 1 aliphatic heterocycles. The van der Waals surface area contributed by atoms with E-state index in [0.29, 0.717) is 23.8 Å². The predicted molar refractivity (Wildman–Crippen MR) is 137 cm³/mol. The molecule has 1 fully saturated rings. The SMILES string of the molecule is COc1ccc(NC(=O)N(CC(=O)N(Cc2ccc(F)cc2)Cc2ccc(C)o2)CC2CCCO2)cc1. The van der Waals surface area contributed by atoms with E-state index in [1.807, 2.05) is 19.1 Å². The van der Waals surface area contributed by atoms with Gasteiger partial charge >= 0.3 is 6.03 Å². The van der Waals surface area contributed by atoms with Gasteiger partial charge in [-0.2, -0.15) is 0 Å². The molecule has 8 nitrogen and oxygen atoms in total. The number of hydrogen-bond acceptors (Lipinski definition) is 5. The highest BCUT2D eigenvalue weighted by Crippen LogP contribution is 2.19. The molecule has 3 amide bonds. The number of carbonyl (C=O) groups excluding carboxylic acids is 2. The summed E-state index contributed by atoms with van der Waals surface area (Å²) in [6, 6.07) is 16.2. The molecule has 9 heteroatoms. The Bertz CT molecular complexity index is 1170. The minimum atomic E-state index is -0.399. The summed E-state index contributed by atoms with van der Waals surface area (Å²) in [6.45, 7) is 3.08. The van der Waals surface area contributed by atoms with Crippen LogP contribution in [0.5, 0.6) is 5.75 Å². The zero-order valence-electron chi connectivity index (χ0n) is 21.1. The van der Waals surface area contributed by atoms with E-state index in [9.17, 15) is 14.0 Å². The highest BCUT2D eigenvalue weighted by molar-refractivity contribution is 5.92. The number of aryl methyl sites for hydroxylation is 1. The van der Waals surface area contributed by atoms with Crippen molar-refractivity contribution < 1.29 is 27.9 Å². The van der Waals surface area contributed by atoms with Gasteiger partial charge < -0.3 is 29.0 Å². The van der Waals surface area contributed by atoms with Crippen LogP contribution in [0.25, 0.3) is 0 Å². The molecule has 196 valence electrons. The summed E-state index contributed by atoms with van der Waals surface area (Å²) in [5, 5.41) is 2.87. The van der Waals surface area contributed by atoms with Gasteiger partial charge in [0, 0.05) is 25.4 Å². The summed E-state index contributed by atoms with van der Waals surface area (Å²) >= 11 is 0. The second kappa shape index (κ2) is 12.4. The van der Waals surface area contributed by atoms with Crippen LogP contribution in [0.1, 0.15) is 29.9 Å². The minimum Gasteiger partial charge on any atom is -0.497 e. The molecule has 1 unspecified atom stereocenters. The molecule has 1 N–H and O–H groups in total. The normalized spacial score (nSPS) is 14.8. The lowest BCUT2D eigenvalue weighted by Crippen LogP contribution is -2.46. The second-order valence-electron chi connectivity index (χ2n) is 9.06. The number of urea groups is 1. The van der Waals surface area contributed by atoms with Crippen LogP contribution in [0.3, 0.4) is 0 Å². The van der Waals surface area contributed by atoms with Gasteiger partial charge in [-0.05, 0) is 73.9 Å². The number of nitrogens with zero attached hydrogens (tertiary/aromatic N) is 2. The minimum absolute atomic E-state index is 0.132. The molecule has 4 rings (SSSR count). The van der Waals surface area contributed by atoms with Gasteiger partial charge in [-0.25, -0.2) is 9.18 Å². The fourth-order valence-corrected chi connectivity index (χ4v) is 4.19. The summed E-state index contributed by atoms with van der Waals surface area (Å²) in [5.41, 5.74) is 1.36. The first-order valence-electron chi connectivity index (χ1n) is 12.3. The molecule has 2 aromatic carbocycles. The van der Waals surface area contributed by atoms with Crippen LogP contribution in [0.4, 0.5) is 14.9 Å². The Morgan fingerprint density at radius 2 is 1.78 bits per heavy atom. The Balaban J connectivity index is 1.51. The number of furan rings is 1. The van der Waals surface area contributed by atoms with E-state index >= 15 is 0 Å². The monoisotopic (exact) mass is 509 g/mol. The van der Waals surface area contributed by atoms with Gasteiger partial charge in [0.1, 0.15) is 29.6 Å². The third-order valence-corrected chi connectivity index (χ3v) is 6.18. The maximum absolute atomic E-state index is 13.6. The molecule has 2 heterocycles. The standard InChI is InChI=1S/C28H32FN3O5/c1-20-5-12-26(37-20)18-31(16-21-6-8-22(29)9-7-21)27(33)19-32(17-25-4-3-15-36-25)28(34)30-23-10-13-24(35-2)14-11-23/h5-14,25H,3-4,15-19H2,1-2H3,(H,30,34). The third-order valence-electron chi connectivity index (χ3n) is 6.18. The van der Waals surface area contributed by atoms with Crippen molar-refractivity contribution in [2.24, 2.45) is 0 Å². The van der Waals surface area contributed by atoms with Gasteiger partial charge in [0.05, 0.1) is 19.8 Å². The Kier molecular flexibility index (Phi) is 8.79. The fraction of sp³-hybridized carbons (Fsp3) is 0.357. The predicted octanol–water partition coefficient (Wildman–Crippen LogP) is 4.98. The average Bonchev–Trinajstić information content (AvgIpc) is 3.56. The topological polar surface area (TPSA) is 84.3 Å². The number of benzene rings is 2. The molecule has 0 spiro atoms. The number of hydrogen-bond donors (Lipinski definition) is 1. The van der Waals surface area contributed by atoms with Gasteiger partial charge in [0.25, 0.3) is 0 Å². The van der Waals surface area contributed by atoms with E-state index in [1.165, 1.54) is 17.0 Å². The van der Waals surface area contributed by atoms with Crippen LogP contribution in [0, 0.1) is 12.7 Å². The Morgan fingerprint density at radius 1 is 1.03 bits per heavy atom. The van der Waals surface area contributed by atoms with Gasteiger partial charge in [-0.3, -0.25) is 4.79 Å².